The maximum absolute atomic E-state index is 9.12. The molecule has 0 radical (unpaired) electrons. The van der Waals surface area contributed by atoms with E-state index in [1.807, 2.05) is 6.92 Å². The lowest BCUT2D eigenvalue weighted by Gasteiger charge is -2.11. The first-order chi connectivity index (χ1) is 3.57. The molecule has 8 heavy (non-hydrogen) atoms. The van der Waals surface area contributed by atoms with Crippen LogP contribution < -0.4 is 0 Å². The second-order valence-corrected chi connectivity index (χ2v) is 3.29. The average Bonchev–Trinajstić information content (AvgIpc) is 2.17. The molecule has 3 unspecified atom stereocenters. The van der Waals surface area contributed by atoms with Gasteiger partial charge in [0.2, 0.25) is 0 Å². The van der Waals surface area contributed by atoms with Crippen molar-refractivity contribution < 1.29 is 5.11 Å². The van der Waals surface area contributed by atoms with Crippen LogP contribution in [0.15, 0.2) is 0 Å². The fourth-order valence-corrected chi connectivity index (χ4v) is 1.18. The van der Waals surface area contributed by atoms with E-state index < -0.39 is 0 Å². The van der Waals surface area contributed by atoms with Gasteiger partial charge in [-0.15, -0.1) is 0 Å². The smallest absolute Gasteiger partial charge is 0.0568 e. The van der Waals surface area contributed by atoms with Crippen LogP contribution in [0, 0.1) is 11.3 Å². The Balaban J connectivity index is 2.47. The summed E-state index contributed by atoms with van der Waals surface area (Å²) in [5, 5.41) is 9.12. The Bertz CT molecular complexity index is 98.6. The fraction of sp³-hybridized carbons (Fsp3) is 1.00. The van der Waals surface area contributed by atoms with E-state index in [-0.39, 0.29) is 11.5 Å². The van der Waals surface area contributed by atoms with Crippen LogP contribution in [0.2, 0.25) is 0 Å². The van der Waals surface area contributed by atoms with Crippen molar-refractivity contribution in [1.29, 1.82) is 0 Å². The molecule has 0 saturated heterocycles. The molecule has 1 aliphatic rings. The predicted molar refractivity (Wildman–Crippen MR) is 33.6 cm³/mol. The van der Waals surface area contributed by atoms with Crippen molar-refractivity contribution >= 4 is 0 Å². The molecule has 1 heteroatoms. The molecule has 1 nitrogen and oxygen atoms in total. The lowest BCUT2D eigenvalue weighted by atomic mass is 10.0. The number of hydrogen-bond donors (Lipinski definition) is 1. The maximum Gasteiger partial charge on any atom is 0.0568 e. The van der Waals surface area contributed by atoms with Crippen molar-refractivity contribution in [2.75, 3.05) is 0 Å². The highest BCUT2D eigenvalue weighted by atomic mass is 16.3. The first-order valence-corrected chi connectivity index (χ1v) is 3.25. The standard InChI is InChI=1S/C7H14O/c1-5-4-7(5,3)6(2)8/h5-6,8H,4H2,1-3H3. The number of hydrogen-bond acceptors (Lipinski definition) is 1. The molecule has 1 saturated carbocycles. The molecule has 1 aliphatic carbocycles. The molecule has 1 fully saturated rings. The van der Waals surface area contributed by atoms with Gasteiger partial charge in [0.15, 0.2) is 0 Å². The summed E-state index contributed by atoms with van der Waals surface area (Å²) >= 11 is 0. The van der Waals surface area contributed by atoms with Gasteiger partial charge in [0, 0.05) is 0 Å². The average molecular weight is 114 g/mol. The Morgan fingerprint density at radius 3 is 2.12 bits per heavy atom. The Morgan fingerprint density at radius 2 is 2.12 bits per heavy atom. The zero-order valence-corrected chi connectivity index (χ0v) is 5.81. The van der Waals surface area contributed by atoms with Crippen LogP contribution in [-0.4, -0.2) is 11.2 Å². The fourth-order valence-electron chi connectivity index (χ4n) is 1.18. The minimum Gasteiger partial charge on any atom is -0.393 e. The van der Waals surface area contributed by atoms with Crippen LogP contribution in [-0.2, 0) is 0 Å². The van der Waals surface area contributed by atoms with Crippen molar-refractivity contribution in [1.82, 2.24) is 0 Å². The molecule has 48 valence electrons. The second-order valence-electron chi connectivity index (χ2n) is 3.29. The van der Waals surface area contributed by atoms with E-state index in [9.17, 15) is 0 Å². The van der Waals surface area contributed by atoms with E-state index >= 15 is 0 Å². The lowest BCUT2D eigenvalue weighted by Crippen LogP contribution is -2.15. The summed E-state index contributed by atoms with van der Waals surface area (Å²) in [6, 6.07) is 0. The zero-order valence-electron chi connectivity index (χ0n) is 5.81. The highest BCUT2D eigenvalue weighted by molar-refractivity contribution is 4.99. The first kappa shape index (κ1) is 6.09. The molecule has 0 aromatic carbocycles. The predicted octanol–water partition coefficient (Wildman–Crippen LogP) is 1.41. The quantitative estimate of drug-likeness (QED) is 0.546. The van der Waals surface area contributed by atoms with E-state index in [2.05, 4.69) is 13.8 Å². The van der Waals surface area contributed by atoms with Gasteiger partial charge in [-0.25, -0.2) is 0 Å². The van der Waals surface area contributed by atoms with Crippen LogP contribution in [0.4, 0.5) is 0 Å². The summed E-state index contributed by atoms with van der Waals surface area (Å²) in [5.74, 6) is 0.738. The Hall–Kier alpha value is -0.0400. The minimum atomic E-state index is -0.113. The van der Waals surface area contributed by atoms with Gasteiger partial charge in [-0.05, 0) is 24.7 Å². The van der Waals surface area contributed by atoms with Gasteiger partial charge in [0.1, 0.15) is 0 Å². The molecule has 0 aromatic rings. The summed E-state index contributed by atoms with van der Waals surface area (Å²) in [7, 11) is 0. The van der Waals surface area contributed by atoms with E-state index in [1.165, 1.54) is 6.42 Å². The SMILES string of the molecule is CC(O)C1(C)CC1C. The van der Waals surface area contributed by atoms with Gasteiger partial charge < -0.3 is 5.11 Å². The highest BCUT2D eigenvalue weighted by Gasteiger charge is 2.49. The third-order valence-corrected chi connectivity index (χ3v) is 2.67. The Kier molecular flexibility index (Phi) is 1.12. The third-order valence-electron chi connectivity index (χ3n) is 2.67. The summed E-state index contributed by atoms with van der Waals surface area (Å²) in [4.78, 5) is 0. The van der Waals surface area contributed by atoms with E-state index in [4.69, 9.17) is 5.11 Å². The van der Waals surface area contributed by atoms with Gasteiger partial charge in [-0.2, -0.15) is 0 Å². The number of aliphatic hydroxyl groups is 1. The van der Waals surface area contributed by atoms with Gasteiger partial charge in [-0.1, -0.05) is 13.8 Å². The monoisotopic (exact) mass is 114 g/mol. The van der Waals surface area contributed by atoms with Crippen molar-refractivity contribution in [3.8, 4) is 0 Å². The van der Waals surface area contributed by atoms with Gasteiger partial charge >= 0.3 is 0 Å². The van der Waals surface area contributed by atoms with E-state index in [0.717, 1.165) is 5.92 Å². The molecule has 1 N–H and O–H groups in total. The van der Waals surface area contributed by atoms with Crippen LogP contribution in [0.25, 0.3) is 0 Å². The first-order valence-electron chi connectivity index (χ1n) is 3.25. The highest BCUT2D eigenvalue weighted by Crippen LogP contribution is 2.54. The Labute approximate surface area is 50.7 Å². The summed E-state index contributed by atoms with van der Waals surface area (Å²) in [5.41, 5.74) is 0.264. The number of aliphatic hydroxyl groups excluding tert-OH is 1. The normalized spacial score (nSPS) is 48.8. The van der Waals surface area contributed by atoms with Crippen LogP contribution in [0.3, 0.4) is 0 Å². The van der Waals surface area contributed by atoms with Crippen LogP contribution in [0.5, 0.6) is 0 Å². The summed E-state index contributed by atoms with van der Waals surface area (Å²) < 4.78 is 0. The molecule has 0 heterocycles. The lowest BCUT2D eigenvalue weighted by molar-refractivity contribution is 0.113. The van der Waals surface area contributed by atoms with Gasteiger partial charge in [-0.3, -0.25) is 0 Å². The molecule has 0 aromatic heterocycles. The Morgan fingerprint density at radius 1 is 1.75 bits per heavy atom. The molecule has 1 rings (SSSR count). The van der Waals surface area contributed by atoms with Crippen LogP contribution >= 0.6 is 0 Å². The zero-order chi connectivity index (χ0) is 6.36. The molecular formula is C7H14O. The molecule has 0 bridgehead atoms. The van der Waals surface area contributed by atoms with E-state index in [0.29, 0.717) is 0 Å². The van der Waals surface area contributed by atoms with E-state index in [1.54, 1.807) is 0 Å². The summed E-state index contributed by atoms with van der Waals surface area (Å²) in [6.45, 7) is 6.21. The summed E-state index contributed by atoms with van der Waals surface area (Å²) in [6.07, 6.45) is 1.09. The van der Waals surface area contributed by atoms with Crippen molar-refractivity contribution in [3.63, 3.8) is 0 Å². The van der Waals surface area contributed by atoms with Crippen molar-refractivity contribution in [2.45, 2.75) is 33.3 Å². The number of rotatable bonds is 1. The molecule has 0 amide bonds. The van der Waals surface area contributed by atoms with Crippen molar-refractivity contribution in [3.05, 3.63) is 0 Å². The molecular weight excluding hydrogens is 100 g/mol. The largest absolute Gasteiger partial charge is 0.393 e. The molecule has 3 atom stereocenters. The maximum atomic E-state index is 9.12. The van der Waals surface area contributed by atoms with Crippen LogP contribution in [0.1, 0.15) is 27.2 Å². The molecule has 0 spiro atoms. The second kappa shape index (κ2) is 1.47. The van der Waals surface area contributed by atoms with Crippen molar-refractivity contribution in [2.24, 2.45) is 11.3 Å². The van der Waals surface area contributed by atoms with Gasteiger partial charge in [0.05, 0.1) is 6.10 Å². The topological polar surface area (TPSA) is 20.2 Å². The van der Waals surface area contributed by atoms with Gasteiger partial charge in [0.25, 0.3) is 0 Å². The molecule has 0 aliphatic heterocycles. The minimum absolute atomic E-state index is 0.113. The third kappa shape index (κ3) is 0.655.